The van der Waals surface area contributed by atoms with Gasteiger partial charge in [0.15, 0.2) is 11.5 Å². The molecule has 1 amide bonds. The van der Waals surface area contributed by atoms with E-state index in [-0.39, 0.29) is 18.3 Å². The van der Waals surface area contributed by atoms with Gasteiger partial charge in [-0.3, -0.25) is 4.79 Å². The van der Waals surface area contributed by atoms with Gasteiger partial charge in [-0.15, -0.1) is 12.4 Å². The van der Waals surface area contributed by atoms with Gasteiger partial charge in [-0.1, -0.05) is 0 Å². The van der Waals surface area contributed by atoms with Crippen LogP contribution in [0.1, 0.15) is 18.4 Å². The highest BCUT2D eigenvalue weighted by molar-refractivity contribution is 9.10. The van der Waals surface area contributed by atoms with Gasteiger partial charge in [0.25, 0.3) is 0 Å². The molecule has 0 unspecified atom stereocenters. The second-order valence-corrected chi connectivity index (χ2v) is 6.41. The number of carbonyl (C=O) groups is 1. The fourth-order valence-corrected chi connectivity index (χ4v) is 3.19. The summed E-state index contributed by atoms with van der Waals surface area (Å²) < 4.78 is 17.2. The van der Waals surface area contributed by atoms with E-state index in [9.17, 15) is 4.79 Å². The van der Waals surface area contributed by atoms with Gasteiger partial charge in [0.2, 0.25) is 5.91 Å². The van der Waals surface area contributed by atoms with E-state index < -0.39 is 5.54 Å². The molecule has 23 heavy (non-hydrogen) atoms. The number of halogens is 2. The van der Waals surface area contributed by atoms with Crippen LogP contribution in [0.3, 0.4) is 0 Å². The lowest BCUT2D eigenvalue weighted by molar-refractivity contribution is -0.129. The van der Waals surface area contributed by atoms with Gasteiger partial charge in [0.1, 0.15) is 13.2 Å². The molecular weight excluding hydrogens is 388 g/mol. The normalized spacial score (nSPS) is 18.7. The molecule has 128 valence electrons. The summed E-state index contributed by atoms with van der Waals surface area (Å²) in [6.07, 6.45) is 1.09. The molecule has 1 aromatic carbocycles. The number of nitrogens with one attached hydrogen (secondary N) is 1. The van der Waals surface area contributed by atoms with Crippen molar-refractivity contribution in [3.05, 3.63) is 22.2 Å². The van der Waals surface area contributed by atoms with Crippen molar-refractivity contribution in [2.75, 3.05) is 26.4 Å². The monoisotopic (exact) mass is 406 g/mol. The number of hydrogen-bond donors (Lipinski definition) is 2. The van der Waals surface area contributed by atoms with Crippen molar-refractivity contribution in [1.29, 1.82) is 0 Å². The Morgan fingerprint density at radius 3 is 2.65 bits per heavy atom. The molecule has 0 atom stereocenters. The molecule has 0 radical (unpaired) electrons. The lowest BCUT2D eigenvalue weighted by Crippen LogP contribution is -2.56. The van der Waals surface area contributed by atoms with E-state index in [1.54, 1.807) is 0 Å². The van der Waals surface area contributed by atoms with Crippen LogP contribution in [0.4, 0.5) is 0 Å². The predicted molar refractivity (Wildman–Crippen MR) is 91.2 cm³/mol. The van der Waals surface area contributed by atoms with Crippen molar-refractivity contribution in [2.45, 2.75) is 24.9 Å². The quantitative estimate of drug-likeness (QED) is 0.798. The van der Waals surface area contributed by atoms with Crippen molar-refractivity contribution in [3.8, 4) is 11.5 Å². The Hall–Kier alpha value is -1.02. The number of ether oxygens (including phenoxy) is 3. The molecule has 0 spiro atoms. The molecule has 0 aliphatic carbocycles. The minimum absolute atomic E-state index is 0. The van der Waals surface area contributed by atoms with Crippen LogP contribution in [0, 0.1) is 0 Å². The number of hydrogen-bond acceptors (Lipinski definition) is 5. The number of nitrogens with two attached hydrogens (primary N) is 1. The Labute approximate surface area is 149 Å². The molecule has 0 saturated carbocycles. The summed E-state index contributed by atoms with van der Waals surface area (Å²) in [6, 6.07) is 3.80. The summed E-state index contributed by atoms with van der Waals surface area (Å²) in [6.45, 7) is 2.52. The minimum atomic E-state index is -0.830. The van der Waals surface area contributed by atoms with Crippen molar-refractivity contribution >= 4 is 34.2 Å². The Morgan fingerprint density at radius 2 is 1.91 bits per heavy atom. The van der Waals surface area contributed by atoms with E-state index in [1.165, 1.54) is 0 Å². The smallest absolute Gasteiger partial charge is 0.240 e. The van der Waals surface area contributed by atoms with E-state index in [2.05, 4.69) is 21.2 Å². The average molecular weight is 408 g/mol. The van der Waals surface area contributed by atoms with Crippen LogP contribution in [0.15, 0.2) is 16.6 Å². The summed E-state index contributed by atoms with van der Waals surface area (Å²) in [5, 5.41) is 2.91. The van der Waals surface area contributed by atoms with Crippen LogP contribution in [0.5, 0.6) is 11.5 Å². The van der Waals surface area contributed by atoms with E-state index in [0.29, 0.717) is 57.3 Å². The zero-order chi connectivity index (χ0) is 15.6. The zero-order valence-electron chi connectivity index (χ0n) is 12.6. The van der Waals surface area contributed by atoms with Gasteiger partial charge in [-0.05, 0) is 46.5 Å². The first kappa shape index (κ1) is 18.3. The number of carbonyl (C=O) groups excluding carboxylic acids is 1. The fourth-order valence-electron chi connectivity index (χ4n) is 2.59. The van der Waals surface area contributed by atoms with Crippen LogP contribution in [-0.2, 0) is 16.1 Å². The fraction of sp³-hybridized carbons (Fsp3) is 0.533. The van der Waals surface area contributed by atoms with Gasteiger partial charge in [0.05, 0.1) is 10.0 Å². The predicted octanol–water partition coefficient (Wildman–Crippen LogP) is 1.77. The maximum absolute atomic E-state index is 12.3. The molecule has 0 aromatic heterocycles. The third-order valence-electron chi connectivity index (χ3n) is 3.95. The molecule has 1 fully saturated rings. The number of benzene rings is 1. The van der Waals surface area contributed by atoms with Crippen LogP contribution in [-0.4, -0.2) is 37.9 Å². The molecule has 2 aliphatic rings. The molecule has 3 rings (SSSR count). The van der Waals surface area contributed by atoms with Crippen LogP contribution < -0.4 is 20.5 Å². The van der Waals surface area contributed by atoms with Crippen LogP contribution in [0.2, 0.25) is 0 Å². The summed E-state index contributed by atoms with van der Waals surface area (Å²) in [7, 11) is 0. The first-order chi connectivity index (χ1) is 10.6. The molecular formula is C15H20BrClN2O4. The van der Waals surface area contributed by atoms with E-state index >= 15 is 0 Å². The third kappa shape index (κ3) is 4.09. The number of amides is 1. The van der Waals surface area contributed by atoms with Crippen molar-refractivity contribution in [2.24, 2.45) is 5.73 Å². The highest BCUT2D eigenvalue weighted by Gasteiger charge is 2.35. The summed E-state index contributed by atoms with van der Waals surface area (Å²) in [4.78, 5) is 12.3. The SMILES string of the molecule is Cl.NC1(C(=O)NCc2cc(Br)c3c(c2)OCCO3)CCOCC1. The zero-order valence-corrected chi connectivity index (χ0v) is 15.0. The molecule has 3 N–H and O–H groups in total. The number of rotatable bonds is 3. The van der Waals surface area contributed by atoms with Gasteiger partial charge in [-0.2, -0.15) is 0 Å². The standard InChI is InChI=1S/C15H19BrN2O4.ClH/c16-11-7-10(8-12-13(11)22-6-5-21-12)9-18-14(19)15(17)1-3-20-4-2-15;/h7-8H,1-6,9,17H2,(H,18,19);1H. The van der Waals surface area contributed by atoms with Crippen molar-refractivity contribution < 1.29 is 19.0 Å². The van der Waals surface area contributed by atoms with Gasteiger partial charge in [0, 0.05) is 19.8 Å². The lowest BCUT2D eigenvalue weighted by Gasteiger charge is -2.31. The minimum Gasteiger partial charge on any atom is -0.486 e. The summed E-state index contributed by atoms with van der Waals surface area (Å²) in [5.41, 5.74) is 6.26. The molecule has 2 aliphatic heterocycles. The molecule has 8 heteroatoms. The van der Waals surface area contributed by atoms with Crippen LogP contribution >= 0.6 is 28.3 Å². The van der Waals surface area contributed by atoms with Crippen molar-refractivity contribution in [3.63, 3.8) is 0 Å². The van der Waals surface area contributed by atoms with E-state index in [4.69, 9.17) is 19.9 Å². The number of fused-ring (bicyclic) bond motifs is 1. The first-order valence-corrected chi connectivity index (χ1v) is 8.11. The van der Waals surface area contributed by atoms with E-state index in [0.717, 1.165) is 10.0 Å². The lowest BCUT2D eigenvalue weighted by atomic mass is 9.90. The highest BCUT2D eigenvalue weighted by Crippen LogP contribution is 2.38. The maximum Gasteiger partial charge on any atom is 0.240 e. The Kier molecular flexibility index (Phi) is 6.13. The van der Waals surface area contributed by atoms with E-state index in [1.807, 2.05) is 12.1 Å². The Bertz CT molecular complexity index is 579. The molecule has 0 bridgehead atoms. The molecule has 6 nitrogen and oxygen atoms in total. The van der Waals surface area contributed by atoms with Gasteiger partial charge in [-0.25, -0.2) is 0 Å². The average Bonchev–Trinajstić information content (AvgIpc) is 2.53. The topological polar surface area (TPSA) is 82.8 Å². The van der Waals surface area contributed by atoms with Gasteiger partial charge < -0.3 is 25.3 Å². The second kappa shape index (κ2) is 7.70. The highest BCUT2D eigenvalue weighted by atomic mass is 79.9. The first-order valence-electron chi connectivity index (χ1n) is 7.31. The van der Waals surface area contributed by atoms with Crippen molar-refractivity contribution in [1.82, 2.24) is 5.32 Å². The molecule has 1 aromatic rings. The molecule has 2 heterocycles. The van der Waals surface area contributed by atoms with Gasteiger partial charge >= 0.3 is 0 Å². The summed E-state index contributed by atoms with van der Waals surface area (Å²) in [5.74, 6) is 1.27. The third-order valence-corrected chi connectivity index (χ3v) is 4.54. The largest absolute Gasteiger partial charge is 0.486 e. The maximum atomic E-state index is 12.3. The van der Waals surface area contributed by atoms with Crippen LogP contribution in [0.25, 0.3) is 0 Å². The molecule has 1 saturated heterocycles. The second-order valence-electron chi connectivity index (χ2n) is 5.55. The Balaban J connectivity index is 0.00000192. The summed E-state index contributed by atoms with van der Waals surface area (Å²) >= 11 is 3.47. The Morgan fingerprint density at radius 1 is 1.22 bits per heavy atom.